The van der Waals surface area contributed by atoms with Crippen LogP contribution < -0.4 is 5.32 Å². The van der Waals surface area contributed by atoms with Gasteiger partial charge in [-0.05, 0) is 26.1 Å². The highest BCUT2D eigenvalue weighted by Crippen LogP contribution is 2.33. The van der Waals surface area contributed by atoms with Gasteiger partial charge in [0.1, 0.15) is 21.5 Å². The van der Waals surface area contributed by atoms with Gasteiger partial charge < -0.3 is 4.90 Å². The number of aryl methyl sites for hydroxylation is 1. The molecule has 9 heteroatoms. The van der Waals surface area contributed by atoms with E-state index in [-0.39, 0.29) is 16.5 Å². The Morgan fingerprint density at radius 2 is 1.96 bits per heavy atom. The Kier molecular flexibility index (Phi) is 4.75. The molecule has 0 spiro atoms. The van der Waals surface area contributed by atoms with E-state index >= 15 is 0 Å². The predicted octanol–water partition coefficient (Wildman–Crippen LogP) is 4.09. The van der Waals surface area contributed by atoms with Crippen LogP contribution >= 0.6 is 22.7 Å². The standard InChI is InChI=1S/C18H16F2N4OS2/c1-9-15(27-17(21-9)14-10(19)4-3-5-11(14)20)16(25)23-18-22-12-6-7-24(2)8-13(12)26-18/h3-5H,6-8H2,1-2H3,(H,22,23,25). The SMILES string of the molecule is Cc1nc(-c2c(F)cccc2F)sc1C(=O)Nc1nc2c(s1)CN(C)CC2. The molecule has 1 amide bonds. The van der Waals surface area contributed by atoms with Crippen LogP contribution in [0.25, 0.3) is 10.6 Å². The summed E-state index contributed by atoms with van der Waals surface area (Å²) in [6.45, 7) is 3.41. The summed E-state index contributed by atoms with van der Waals surface area (Å²) in [5.41, 5.74) is 1.23. The van der Waals surface area contributed by atoms with Crippen LogP contribution in [0.2, 0.25) is 0 Å². The van der Waals surface area contributed by atoms with Gasteiger partial charge in [-0.2, -0.15) is 0 Å². The summed E-state index contributed by atoms with van der Waals surface area (Å²) in [6, 6.07) is 3.64. The van der Waals surface area contributed by atoms with Crippen molar-refractivity contribution < 1.29 is 13.6 Å². The van der Waals surface area contributed by atoms with Crippen molar-refractivity contribution >= 4 is 33.7 Å². The Bertz CT molecular complexity index is 1010. The number of thiazole rings is 2. The molecule has 4 rings (SSSR count). The van der Waals surface area contributed by atoms with Crippen LogP contribution in [0.3, 0.4) is 0 Å². The number of hydrogen-bond donors (Lipinski definition) is 1. The van der Waals surface area contributed by atoms with Crippen LogP contribution in [0.4, 0.5) is 13.9 Å². The van der Waals surface area contributed by atoms with Crippen molar-refractivity contribution in [1.82, 2.24) is 14.9 Å². The number of nitrogens with one attached hydrogen (secondary N) is 1. The van der Waals surface area contributed by atoms with Gasteiger partial charge in [-0.15, -0.1) is 22.7 Å². The molecule has 3 aromatic rings. The number of anilines is 1. The minimum absolute atomic E-state index is 0.147. The monoisotopic (exact) mass is 406 g/mol. The number of carbonyl (C=O) groups excluding carboxylic acids is 1. The van der Waals surface area contributed by atoms with E-state index in [1.54, 1.807) is 6.92 Å². The number of nitrogens with zero attached hydrogens (tertiary/aromatic N) is 3. The first kappa shape index (κ1) is 18.1. The summed E-state index contributed by atoms with van der Waals surface area (Å²) in [5.74, 6) is -1.77. The second kappa shape index (κ2) is 7.06. The molecule has 5 nitrogen and oxygen atoms in total. The van der Waals surface area contributed by atoms with E-state index in [2.05, 4.69) is 20.2 Å². The second-order valence-electron chi connectivity index (χ2n) is 6.36. The van der Waals surface area contributed by atoms with Crippen molar-refractivity contribution in [1.29, 1.82) is 0 Å². The molecule has 140 valence electrons. The molecule has 0 radical (unpaired) electrons. The maximum atomic E-state index is 14.0. The molecule has 1 aliphatic rings. The lowest BCUT2D eigenvalue weighted by Crippen LogP contribution is -2.25. The summed E-state index contributed by atoms with van der Waals surface area (Å²) in [6.07, 6.45) is 0.856. The van der Waals surface area contributed by atoms with Crippen molar-refractivity contribution in [2.45, 2.75) is 19.9 Å². The lowest BCUT2D eigenvalue weighted by atomic mass is 10.2. The van der Waals surface area contributed by atoms with E-state index in [1.165, 1.54) is 29.5 Å². The second-order valence-corrected chi connectivity index (χ2v) is 8.44. The molecule has 0 fully saturated rings. The van der Waals surface area contributed by atoms with E-state index in [0.29, 0.717) is 15.7 Å². The lowest BCUT2D eigenvalue weighted by molar-refractivity contribution is 0.103. The third kappa shape index (κ3) is 3.50. The van der Waals surface area contributed by atoms with E-state index in [4.69, 9.17) is 0 Å². The van der Waals surface area contributed by atoms with Crippen LogP contribution in [0.1, 0.15) is 25.9 Å². The number of fused-ring (bicyclic) bond motifs is 1. The number of aromatic nitrogens is 2. The molecule has 1 N–H and O–H groups in total. The Morgan fingerprint density at radius 1 is 1.22 bits per heavy atom. The molecule has 2 aromatic heterocycles. The van der Waals surface area contributed by atoms with Gasteiger partial charge in [-0.25, -0.2) is 18.7 Å². The summed E-state index contributed by atoms with van der Waals surface area (Å²) in [4.78, 5) is 25.0. The Balaban J connectivity index is 1.59. The predicted molar refractivity (Wildman–Crippen MR) is 102 cm³/mol. The smallest absolute Gasteiger partial charge is 0.269 e. The molecule has 0 aliphatic carbocycles. The number of amides is 1. The molecule has 3 heterocycles. The average Bonchev–Trinajstić information content (AvgIpc) is 3.17. The number of hydrogen-bond acceptors (Lipinski definition) is 6. The fraction of sp³-hybridized carbons (Fsp3) is 0.278. The first-order valence-corrected chi connectivity index (χ1v) is 9.96. The number of rotatable bonds is 3. The van der Waals surface area contributed by atoms with E-state index in [0.717, 1.165) is 41.4 Å². The topological polar surface area (TPSA) is 58.1 Å². The van der Waals surface area contributed by atoms with Crippen LogP contribution in [0.15, 0.2) is 18.2 Å². The molecule has 0 unspecified atom stereocenters. The maximum Gasteiger partial charge on any atom is 0.269 e. The Morgan fingerprint density at radius 3 is 2.70 bits per heavy atom. The van der Waals surface area contributed by atoms with Crippen LogP contribution in [-0.2, 0) is 13.0 Å². The Labute approximate surface area is 162 Å². The third-order valence-electron chi connectivity index (χ3n) is 4.32. The largest absolute Gasteiger partial charge is 0.301 e. The minimum atomic E-state index is -0.701. The van der Waals surface area contributed by atoms with E-state index in [1.807, 2.05) is 7.05 Å². The van der Waals surface area contributed by atoms with Gasteiger partial charge in [0, 0.05) is 24.4 Å². The normalized spacial score (nSPS) is 14.2. The zero-order valence-electron chi connectivity index (χ0n) is 14.7. The number of carbonyl (C=O) groups is 1. The fourth-order valence-corrected chi connectivity index (χ4v) is 5.04. The molecule has 0 saturated carbocycles. The number of halogens is 2. The summed E-state index contributed by atoms with van der Waals surface area (Å²) in [5, 5.41) is 3.48. The van der Waals surface area contributed by atoms with Crippen molar-refractivity contribution in [2.24, 2.45) is 0 Å². The maximum absolute atomic E-state index is 14.0. The molecule has 1 aliphatic heterocycles. The molecular weight excluding hydrogens is 390 g/mol. The molecule has 1 aromatic carbocycles. The van der Waals surface area contributed by atoms with Gasteiger partial charge in [0.05, 0.1) is 17.0 Å². The zero-order valence-corrected chi connectivity index (χ0v) is 16.3. The van der Waals surface area contributed by atoms with Gasteiger partial charge in [0.2, 0.25) is 0 Å². The molecule has 0 saturated heterocycles. The number of benzene rings is 1. The molecule has 0 atom stereocenters. The van der Waals surface area contributed by atoms with Gasteiger partial charge in [0.25, 0.3) is 5.91 Å². The first-order valence-electron chi connectivity index (χ1n) is 8.32. The van der Waals surface area contributed by atoms with Gasteiger partial charge in [0.15, 0.2) is 5.13 Å². The molecule has 0 bridgehead atoms. The first-order chi connectivity index (χ1) is 12.9. The highest BCUT2D eigenvalue weighted by molar-refractivity contribution is 7.18. The summed E-state index contributed by atoms with van der Waals surface area (Å²) in [7, 11) is 2.05. The fourth-order valence-electron chi connectivity index (χ4n) is 2.95. The quantitative estimate of drug-likeness (QED) is 0.712. The van der Waals surface area contributed by atoms with Gasteiger partial charge >= 0.3 is 0 Å². The van der Waals surface area contributed by atoms with Crippen LogP contribution in [0.5, 0.6) is 0 Å². The summed E-state index contributed by atoms with van der Waals surface area (Å²) >= 11 is 2.42. The highest BCUT2D eigenvalue weighted by atomic mass is 32.1. The van der Waals surface area contributed by atoms with E-state index < -0.39 is 11.6 Å². The minimum Gasteiger partial charge on any atom is -0.301 e. The Hall–Kier alpha value is -2.23. The van der Waals surface area contributed by atoms with Crippen LogP contribution in [-0.4, -0.2) is 34.4 Å². The number of likely N-dealkylation sites (N-methyl/N-ethyl adjacent to an activating group) is 1. The average molecular weight is 406 g/mol. The van der Waals surface area contributed by atoms with Crippen LogP contribution in [0, 0.1) is 18.6 Å². The lowest BCUT2D eigenvalue weighted by Gasteiger charge is -2.20. The molecular formula is C18H16F2N4OS2. The van der Waals surface area contributed by atoms with E-state index in [9.17, 15) is 13.6 Å². The van der Waals surface area contributed by atoms with Crippen molar-refractivity contribution in [3.05, 3.63) is 51.0 Å². The highest BCUT2D eigenvalue weighted by Gasteiger charge is 2.23. The molecule has 27 heavy (non-hydrogen) atoms. The van der Waals surface area contributed by atoms with Crippen molar-refractivity contribution in [3.8, 4) is 10.6 Å². The zero-order chi connectivity index (χ0) is 19.1. The third-order valence-corrected chi connectivity index (χ3v) is 6.49. The van der Waals surface area contributed by atoms with Crippen molar-refractivity contribution in [3.63, 3.8) is 0 Å². The van der Waals surface area contributed by atoms with Crippen molar-refractivity contribution in [2.75, 3.05) is 18.9 Å². The van der Waals surface area contributed by atoms with Gasteiger partial charge in [-0.3, -0.25) is 10.1 Å². The van der Waals surface area contributed by atoms with Gasteiger partial charge in [-0.1, -0.05) is 6.07 Å². The summed E-state index contributed by atoms with van der Waals surface area (Å²) < 4.78 is 28.0.